The Balaban J connectivity index is 2.17. The summed E-state index contributed by atoms with van der Waals surface area (Å²) in [6, 6.07) is -0.492. The summed E-state index contributed by atoms with van der Waals surface area (Å²) >= 11 is 0. The normalized spacial score (nSPS) is 21.2. The van der Waals surface area contributed by atoms with Crippen molar-refractivity contribution >= 4 is 15.8 Å². The van der Waals surface area contributed by atoms with Gasteiger partial charge in [0.1, 0.15) is 5.82 Å². The van der Waals surface area contributed by atoms with Crippen molar-refractivity contribution in [1.82, 2.24) is 14.5 Å². The lowest BCUT2D eigenvalue weighted by Crippen LogP contribution is -2.40. The molecular formula is C11H15F2N3O4S. The summed E-state index contributed by atoms with van der Waals surface area (Å²) in [4.78, 5) is 16.1. The minimum Gasteiger partial charge on any atom is -0.480 e. The van der Waals surface area contributed by atoms with Crippen molar-refractivity contribution in [2.24, 2.45) is 0 Å². The summed E-state index contributed by atoms with van der Waals surface area (Å²) < 4.78 is 49.2. The molecule has 0 aliphatic carbocycles. The number of aromatic nitrogens is 2. The fourth-order valence-electron chi connectivity index (χ4n) is 2.38. The molecule has 21 heavy (non-hydrogen) atoms. The predicted octanol–water partition coefficient (Wildman–Crippen LogP) is 0.352. The predicted molar refractivity (Wildman–Crippen MR) is 68.6 cm³/mol. The Kier molecular flexibility index (Phi) is 4.57. The van der Waals surface area contributed by atoms with Gasteiger partial charge in [-0.25, -0.2) is 13.4 Å². The first-order valence-corrected chi connectivity index (χ1v) is 8.07. The molecule has 118 valence electrons. The van der Waals surface area contributed by atoms with Crippen molar-refractivity contribution in [1.29, 1.82) is 0 Å². The number of hydrogen-bond donors (Lipinski definition) is 1. The number of sulfone groups is 1. The number of hydrogen-bond acceptors (Lipinski definition) is 5. The van der Waals surface area contributed by atoms with Crippen molar-refractivity contribution in [3.05, 3.63) is 18.2 Å². The minimum absolute atomic E-state index is 0.00977. The number of halogens is 2. The molecule has 0 amide bonds. The lowest BCUT2D eigenvalue weighted by Gasteiger charge is -2.26. The highest BCUT2D eigenvalue weighted by molar-refractivity contribution is 7.91. The maximum Gasteiger partial charge on any atom is 0.319 e. The fraction of sp³-hybridized carbons (Fsp3) is 0.636. The topological polar surface area (TPSA) is 92.5 Å². The van der Waals surface area contributed by atoms with E-state index in [2.05, 4.69) is 4.98 Å². The van der Waals surface area contributed by atoms with Crippen LogP contribution < -0.4 is 0 Å². The van der Waals surface area contributed by atoms with Crippen molar-refractivity contribution in [2.45, 2.75) is 25.6 Å². The molecule has 0 radical (unpaired) electrons. The van der Waals surface area contributed by atoms with Crippen molar-refractivity contribution in [2.75, 3.05) is 18.1 Å². The number of nitrogens with zero attached hydrogens (tertiary/aromatic N) is 3. The second kappa shape index (κ2) is 6.06. The Morgan fingerprint density at radius 3 is 2.81 bits per heavy atom. The van der Waals surface area contributed by atoms with Gasteiger partial charge in [-0.2, -0.15) is 8.78 Å². The summed E-state index contributed by atoms with van der Waals surface area (Å²) in [5.41, 5.74) is 0. The van der Waals surface area contributed by atoms with Crippen LogP contribution in [0.25, 0.3) is 0 Å². The second-order valence-electron chi connectivity index (χ2n) is 4.88. The summed E-state index contributed by atoms with van der Waals surface area (Å²) in [5, 5.41) is 8.91. The smallest absolute Gasteiger partial charge is 0.319 e. The van der Waals surface area contributed by atoms with E-state index in [4.69, 9.17) is 5.11 Å². The molecule has 2 rings (SSSR count). The third kappa shape index (κ3) is 3.97. The van der Waals surface area contributed by atoms with Crippen molar-refractivity contribution in [3.8, 4) is 0 Å². The van der Waals surface area contributed by atoms with Gasteiger partial charge in [0.15, 0.2) is 9.84 Å². The molecule has 1 aromatic rings. The number of carboxylic acid groups (broad SMARTS) is 1. The molecule has 1 saturated heterocycles. The largest absolute Gasteiger partial charge is 0.480 e. The van der Waals surface area contributed by atoms with Crippen LogP contribution in [0.4, 0.5) is 8.78 Å². The van der Waals surface area contributed by atoms with Gasteiger partial charge in [-0.05, 0) is 6.42 Å². The maximum atomic E-state index is 12.8. The average Bonchev–Trinajstić information content (AvgIpc) is 2.94. The molecule has 10 heteroatoms. The average molecular weight is 323 g/mol. The van der Waals surface area contributed by atoms with E-state index >= 15 is 0 Å². The summed E-state index contributed by atoms with van der Waals surface area (Å²) in [6.07, 6.45) is 2.60. The van der Waals surface area contributed by atoms with Crippen LogP contribution in [-0.4, -0.2) is 58.0 Å². The number of rotatable bonds is 6. The molecule has 0 spiro atoms. The van der Waals surface area contributed by atoms with Gasteiger partial charge in [0.2, 0.25) is 0 Å². The number of aliphatic carboxylic acids is 1. The molecule has 2 heterocycles. The highest BCUT2D eigenvalue weighted by Gasteiger charge is 2.33. The molecule has 1 aliphatic heterocycles. The van der Waals surface area contributed by atoms with E-state index in [1.54, 1.807) is 0 Å². The van der Waals surface area contributed by atoms with Crippen molar-refractivity contribution in [3.63, 3.8) is 0 Å². The minimum atomic E-state index is -3.19. The Hall–Kier alpha value is -1.55. The SMILES string of the molecule is O=C(O)CN(Cc1nccn1C(F)F)[C@@H]1CCS(=O)(=O)C1. The lowest BCUT2D eigenvalue weighted by molar-refractivity contribution is -0.139. The number of alkyl halides is 2. The van der Waals surface area contributed by atoms with Gasteiger partial charge in [0, 0.05) is 18.4 Å². The highest BCUT2D eigenvalue weighted by atomic mass is 32.2. The summed E-state index contributed by atoms with van der Waals surface area (Å²) in [6.45, 7) is -3.33. The van der Waals surface area contributed by atoms with Gasteiger partial charge in [0.25, 0.3) is 0 Å². The number of imidazole rings is 1. The van der Waals surface area contributed by atoms with E-state index in [9.17, 15) is 22.0 Å². The highest BCUT2D eigenvalue weighted by Crippen LogP contribution is 2.21. The molecule has 1 fully saturated rings. The van der Waals surface area contributed by atoms with Gasteiger partial charge in [-0.1, -0.05) is 0 Å². The number of carboxylic acids is 1. The van der Waals surface area contributed by atoms with E-state index in [0.29, 0.717) is 11.0 Å². The molecule has 1 aliphatic rings. The zero-order valence-corrected chi connectivity index (χ0v) is 11.8. The number of carbonyl (C=O) groups is 1. The van der Waals surface area contributed by atoms with Gasteiger partial charge >= 0.3 is 12.5 Å². The van der Waals surface area contributed by atoms with Gasteiger partial charge in [-0.15, -0.1) is 0 Å². The molecular weight excluding hydrogens is 308 g/mol. The van der Waals surface area contributed by atoms with Crippen LogP contribution in [0.5, 0.6) is 0 Å². The summed E-state index contributed by atoms with van der Waals surface area (Å²) in [7, 11) is -3.19. The first-order chi connectivity index (χ1) is 9.78. The molecule has 0 aromatic carbocycles. The van der Waals surface area contributed by atoms with Crippen molar-refractivity contribution < 1.29 is 27.1 Å². The Morgan fingerprint density at radius 2 is 2.29 bits per heavy atom. The third-order valence-electron chi connectivity index (χ3n) is 3.37. The van der Waals surface area contributed by atoms with E-state index in [0.717, 1.165) is 6.20 Å². The van der Waals surface area contributed by atoms with Gasteiger partial charge in [0.05, 0.1) is 24.6 Å². The fourth-order valence-corrected chi connectivity index (χ4v) is 4.14. The van der Waals surface area contributed by atoms with Crippen LogP contribution in [0.15, 0.2) is 12.4 Å². The molecule has 1 aromatic heterocycles. The second-order valence-corrected chi connectivity index (χ2v) is 7.11. The monoisotopic (exact) mass is 323 g/mol. The quantitative estimate of drug-likeness (QED) is 0.812. The van der Waals surface area contributed by atoms with Crippen LogP contribution >= 0.6 is 0 Å². The molecule has 0 saturated carbocycles. The lowest BCUT2D eigenvalue weighted by atomic mass is 10.2. The molecule has 7 nitrogen and oxygen atoms in total. The van der Waals surface area contributed by atoms with E-state index < -0.39 is 34.9 Å². The van der Waals surface area contributed by atoms with Crippen LogP contribution in [0.3, 0.4) is 0 Å². The Bertz CT molecular complexity index is 617. The Morgan fingerprint density at radius 1 is 1.57 bits per heavy atom. The first kappa shape index (κ1) is 15.8. The maximum absolute atomic E-state index is 12.8. The zero-order chi connectivity index (χ0) is 15.6. The molecule has 0 unspecified atom stereocenters. The van der Waals surface area contributed by atoms with Crippen LogP contribution in [0.1, 0.15) is 18.8 Å². The first-order valence-electron chi connectivity index (χ1n) is 6.24. The van der Waals surface area contributed by atoms with Crippen LogP contribution in [0.2, 0.25) is 0 Å². The van der Waals surface area contributed by atoms with Crippen LogP contribution in [-0.2, 0) is 21.2 Å². The molecule has 1 N–H and O–H groups in total. The molecule has 0 bridgehead atoms. The zero-order valence-electron chi connectivity index (χ0n) is 11.0. The van der Waals surface area contributed by atoms with E-state index in [1.807, 2.05) is 0 Å². The van der Waals surface area contributed by atoms with E-state index in [1.165, 1.54) is 11.1 Å². The molecule has 1 atom stereocenters. The third-order valence-corrected chi connectivity index (χ3v) is 5.12. The standard InChI is InChI=1S/C11H15F2N3O4S/c12-11(13)16-3-2-14-9(16)5-15(6-10(17)18)8-1-4-21(19,20)7-8/h2-3,8,11H,1,4-7H2,(H,17,18)/t8-/m1/s1. The summed E-state index contributed by atoms with van der Waals surface area (Å²) in [5.74, 6) is -1.31. The Labute approximate surface area is 120 Å². The van der Waals surface area contributed by atoms with Crippen LogP contribution in [0, 0.1) is 0 Å². The van der Waals surface area contributed by atoms with Gasteiger partial charge in [-0.3, -0.25) is 14.3 Å². The van der Waals surface area contributed by atoms with E-state index in [-0.39, 0.29) is 23.9 Å². The van der Waals surface area contributed by atoms with Gasteiger partial charge < -0.3 is 5.11 Å².